The quantitative estimate of drug-likeness (QED) is 0.865. The zero-order valence-corrected chi connectivity index (χ0v) is 12.0. The average molecular weight is 290 g/mol. The van der Waals surface area contributed by atoms with Crippen molar-refractivity contribution >= 4 is 40.4 Å². The van der Waals surface area contributed by atoms with Gasteiger partial charge in [0.05, 0.1) is 12.1 Å². The molecule has 0 saturated heterocycles. The van der Waals surface area contributed by atoms with E-state index in [-0.39, 0.29) is 5.91 Å². The van der Waals surface area contributed by atoms with Gasteiger partial charge in [-0.2, -0.15) is 11.3 Å². The number of thioether (sulfide) groups is 1. The molecule has 1 aliphatic heterocycles. The van der Waals surface area contributed by atoms with Crippen LogP contribution in [0.25, 0.3) is 0 Å². The topological polar surface area (TPSA) is 46.3 Å². The maximum Gasteiger partial charge on any atom is 0.231 e. The minimum Gasteiger partial charge on any atom is -0.399 e. The third-order valence-corrected chi connectivity index (χ3v) is 4.86. The molecule has 2 aromatic rings. The minimum atomic E-state index is 0.144. The second-order valence-corrected chi connectivity index (χ2v) is 6.35. The van der Waals surface area contributed by atoms with Gasteiger partial charge in [0.2, 0.25) is 5.91 Å². The van der Waals surface area contributed by atoms with Crippen molar-refractivity contribution in [3.63, 3.8) is 0 Å². The van der Waals surface area contributed by atoms with Gasteiger partial charge in [-0.25, -0.2) is 0 Å². The Balaban J connectivity index is 1.86. The molecule has 0 spiro atoms. The third kappa shape index (κ3) is 2.62. The van der Waals surface area contributed by atoms with Gasteiger partial charge >= 0.3 is 0 Å². The van der Waals surface area contributed by atoms with Crippen LogP contribution in [0.4, 0.5) is 11.4 Å². The highest BCUT2D eigenvalue weighted by Gasteiger charge is 2.23. The van der Waals surface area contributed by atoms with Crippen LogP contribution in [0, 0.1) is 0 Å². The summed E-state index contributed by atoms with van der Waals surface area (Å²) in [6.45, 7) is 0.754. The highest BCUT2D eigenvalue weighted by atomic mass is 32.2. The summed E-state index contributed by atoms with van der Waals surface area (Å²) >= 11 is 3.40. The SMILES string of the molecule is Nc1ccc2c(c1)N(C(=O)Cc1ccsc1)CCS2. The zero-order chi connectivity index (χ0) is 13.2. The number of amides is 1. The number of carbonyl (C=O) groups excluding carboxylic acids is 1. The maximum absolute atomic E-state index is 12.4. The molecular weight excluding hydrogens is 276 g/mol. The van der Waals surface area contributed by atoms with E-state index in [1.165, 1.54) is 0 Å². The summed E-state index contributed by atoms with van der Waals surface area (Å²) in [5, 5.41) is 4.03. The number of rotatable bonds is 2. The summed E-state index contributed by atoms with van der Waals surface area (Å²) in [6, 6.07) is 7.78. The van der Waals surface area contributed by atoms with Gasteiger partial charge < -0.3 is 10.6 Å². The number of anilines is 2. The van der Waals surface area contributed by atoms with Crippen molar-refractivity contribution < 1.29 is 4.79 Å². The van der Waals surface area contributed by atoms with Gasteiger partial charge in [0, 0.05) is 22.9 Å². The number of nitrogens with two attached hydrogens (primary N) is 1. The molecule has 1 aromatic carbocycles. The lowest BCUT2D eigenvalue weighted by Crippen LogP contribution is -2.36. The molecule has 0 unspecified atom stereocenters. The molecule has 0 bridgehead atoms. The molecule has 2 N–H and O–H groups in total. The van der Waals surface area contributed by atoms with E-state index in [4.69, 9.17) is 5.73 Å². The van der Waals surface area contributed by atoms with Crippen molar-refractivity contribution in [2.45, 2.75) is 11.3 Å². The smallest absolute Gasteiger partial charge is 0.231 e. The van der Waals surface area contributed by atoms with Crippen LogP contribution < -0.4 is 10.6 Å². The molecule has 0 atom stereocenters. The van der Waals surface area contributed by atoms with E-state index in [1.54, 1.807) is 23.1 Å². The summed E-state index contributed by atoms with van der Waals surface area (Å²) in [7, 11) is 0. The minimum absolute atomic E-state index is 0.144. The van der Waals surface area contributed by atoms with Crippen molar-refractivity contribution in [1.82, 2.24) is 0 Å². The Morgan fingerprint density at radius 2 is 2.26 bits per heavy atom. The summed E-state index contributed by atoms with van der Waals surface area (Å²) in [5.74, 6) is 1.08. The molecule has 19 heavy (non-hydrogen) atoms. The average Bonchev–Trinajstić information content (AvgIpc) is 2.90. The number of thiophene rings is 1. The van der Waals surface area contributed by atoms with Crippen LogP contribution >= 0.6 is 23.1 Å². The molecule has 98 valence electrons. The molecular formula is C14H14N2OS2. The maximum atomic E-state index is 12.4. The first-order valence-electron chi connectivity index (χ1n) is 6.08. The van der Waals surface area contributed by atoms with Crippen LogP contribution in [0.1, 0.15) is 5.56 Å². The molecule has 1 aromatic heterocycles. The van der Waals surface area contributed by atoms with Crippen molar-refractivity contribution in [2.24, 2.45) is 0 Å². The molecule has 3 nitrogen and oxygen atoms in total. The zero-order valence-electron chi connectivity index (χ0n) is 10.3. The number of fused-ring (bicyclic) bond motifs is 1. The molecule has 0 saturated carbocycles. The normalized spacial score (nSPS) is 14.2. The van der Waals surface area contributed by atoms with Crippen LogP contribution in [-0.2, 0) is 11.2 Å². The Morgan fingerprint density at radius 1 is 1.37 bits per heavy atom. The van der Waals surface area contributed by atoms with Gasteiger partial charge in [-0.05, 0) is 40.6 Å². The van der Waals surface area contributed by atoms with Crippen LogP contribution in [0.5, 0.6) is 0 Å². The van der Waals surface area contributed by atoms with Crippen molar-refractivity contribution in [1.29, 1.82) is 0 Å². The second kappa shape index (κ2) is 5.27. The second-order valence-electron chi connectivity index (χ2n) is 4.43. The summed E-state index contributed by atoms with van der Waals surface area (Å²) in [6.07, 6.45) is 0.461. The summed E-state index contributed by atoms with van der Waals surface area (Å²) in [5.41, 5.74) is 8.58. The van der Waals surface area contributed by atoms with E-state index in [0.717, 1.165) is 28.4 Å². The number of hydrogen-bond donors (Lipinski definition) is 1. The number of carbonyl (C=O) groups is 1. The lowest BCUT2D eigenvalue weighted by Gasteiger charge is -2.29. The third-order valence-electron chi connectivity index (χ3n) is 3.08. The molecule has 0 aliphatic carbocycles. The molecule has 2 heterocycles. The lowest BCUT2D eigenvalue weighted by atomic mass is 10.2. The Hall–Kier alpha value is -1.46. The van der Waals surface area contributed by atoms with E-state index in [2.05, 4.69) is 0 Å². The Morgan fingerprint density at radius 3 is 3.05 bits per heavy atom. The number of nitrogen functional groups attached to an aromatic ring is 1. The van der Waals surface area contributed by atoms with E-state index < -0.39 is 0 Å². The van der Waals surface area contributed by atoms with E-state index >= 15 is 0 Å². The highest BCUT2D eigenvalue weighted by Crippen LogP contribution is 2.36. The van der Waals surface area contributed by atoms with Crippen LogP contribution in [-0.4, -0.2) is 18.2 Å². The van der Waals surface area contributed by atoms with Crippen LogP contribution in [0.3, 0.4) is 0 Å². The first kappa shape index (κ1) is 12.6. The van der Waals surface area contributed by atoms with Gasteiger partial charge in [-0.1, -0.05) is 0 Å². The van der Waals surface area contributed by atoms with Crippen molar-refractivity contribution in [3.05, 3.63) is 40.6 Å². The summed E-state index contributed by atoms with van der Waals surface area (Å²) in [4.78, 5) is 15.4. The lowest BCUT2D eigenvalue weighted by molar-refractivity contribution is -0.117. The van der Waals surface area contributed by atoms with Crippen LogP contribution in [0.15, 0.2) is 39.9 Å². The van der Waals surface area contributed by atoms with Gasteiger partial charge in [0.25, 0.3) is 0 Å². The van der Waals surface area contributed by atoms with Crippen molar-refractivity contribution in [3.8, 4) is 0 Å². The fourth-order valence-corrected chi connectivity index (χ4v) is 3.80. The van der Waals surface area contributed by atoms with Gasteiger partial charge in [0.15, 0.2) is 0 Å². The van der Waals surface area contributed by atoms with Crippen LogP contribution in [0.2, 0.25) is 0 Å². The fourth-order valence-electron chi connectivity index (χ4n) is 2.16. The molecule has 1 aliphatic rings. The van der Waals surface area contributed by atoms with E-state index in [1.807, 2.05) is 39.9 Å². The van der Waals surface area contributed by atoms with Gasteiger partial charge in [0.1, 0.15) is 0 Å². The predicted octanol–water partition coefficient (Wildman–Crippen LogP) is 3.01. The van der Waals surface area contributed by atoms with Gasteiger partial charge in [-0.15, -0.1) is 11.8 Å². The first-order chi connectivity index (χ1) is 9.24. The van der Waals surface area contributed by atoms with Crippen molar-refractivity contribution in [2.75, 3.05) is 22.9 Å². The molecule has 3 rings (SSSR count). The predicted molar refractivity (Wildman–Crippen MR) is 82.0 cm³/mol. The highest BCUT2D eigenvalue weighted by molar-refractivity contribution is 7.99. The standard InChI is InChI=1S/C14H14N2OS2/c15-11-1-2-13-12(8-11)16(4-6-19-13)14(17)7-10-3-5-18-9-10/h1-3,5,8-9H,4,6-7,15H2. The fraction of sp³-hybridized carbons (Fsp3) is 0.214. The van der Waals surface area contributed by atoms with Gasteiger partial charge in [-0.3, -0.25) is 4.79 Å². The number of hydrogen-bond acceptors (Lipinski definition) is 4. The molecule has 1 amide bonds. The largest absolute Gasteiger partial charge is 0.399 e. The number of benzene rings is 1. The van der Waals surface area contributed by atoms with E-state index in [9.17, 15) is 4.79 Å². The molecule has 0 radical (unpaired) electrons. The van der Waals surface area contributed by atoms with E-state index in [0.29, 0.717) is 12.1 Å². The monoisotopic (exact) mass is 290 g/mol. The molecule has 0 fully saturated rings. The number of nitrogens with zero attached hydrogens (tertiary/aromatic N) is 1. The summed E-state index contributed by atoms with van der Waals surface area (Å²) < 4.78 is 0. The Labute approximate surface area is 120 Å². The molecule has 5 heteroatoms. The first-order valence-corrected chi connectivity index (χ1v) is 8.00. The Bertz CT molecular complexity index is 595. The Kier molecular flexibility index (Phi) is 3.48.